The van der Waals surface area contributed by atoms with Gasteiger partial charge in [-0.05, 0) is 43.9 Å². The summed E-state index contributed by atoms with van der Waals surface area (Å²) in [6, 6.07) is 13.6. The highest BCUT2D eigenvalue weighted by molar-refractivity contribution is 8.01. The summed E-state index contributed by atoms with van der Waals surface area (Å²) in [5.41, 5.74) is 2.44. The van der Waals surface area contributed by atoms with E-state index in [0.717, 1.165) is 11.1 Å². The number of methoxy groups -OCH3 is 1. The van der Waals surface area contributed by atoms with Crippen LogP contribution < -0.4 is 15.4 Å². The molecule has 2 aliphatic rings. The molecule has 7 nitrogen and oxygen atoms in total. The van der Waals surface area contributed by atoms with Crippen LogP contribution >= 0.6 is 11.8 Å². The average molecular weight is 496 g/mol. The topological polar surface area (TPSA) is 87.7 Å². The smallest absolute Gasteiger partial charge is 0.256 e. The fourth-order valence-corrected chi connectivity index (χ4v) is 6.50. The number of carbonyl (C=O) groups is 3. The van der Waals surface area contributed by atoms with Gasteiger partial charge in [0.25, 0.3) is 5.91 Å². The molecule has 3 atom stereocenters. The normalized spacial score (nSPS) is 20.9. The first kappa shape index (κ1) is 25.1. The Morgan fingerprint density at radius 3 is 2.51 bits per heavy atom. The van der Waals surface area contributed by atoms with Gasteiger partial charge in [-0.25, -0.2) is 0 Å². The Balaban J connectivity index is 1.51. The third kappa shape index (κ3) is 4.89. The number of hydrogen-bond donors (Lipinski definition) is 2. The monoisotopic (exact) mass is 495 g/mol. The van der Waals surface area contributed by atoms with Crippen LogP contribution in [0.5, 0.6) is 5.75 Å². The van der Waals surface area contributed by atoms with Gasteiger partial charge in [0.05, 0.1) is 7.11 Å². The molecule has 0 spiro atoms. The number of ether oxygens (including phenoxy) is 1. The van der Waals surface area contributed by atoms with E-state index in [-0.39, 0.29) is 29.0 Å². The van der Waals surface area contributed by atoms with E-state index in [9.17, 15) is 14.4 Å². The van der Waals surface area contributed by atoms with E-state index in [0.29, 0.717) is 24.3 Å². The fourth-order valence-electron chi connectivity index (χ4n) is 4.91. The summed E-state index contributed by atoms with van der Waals surface area (Å²) in [4.78, 5) is 41.8. The third-order valence-electron chi connectivity index (χ3n) is 6.53. The molecule has 3 amide bonds. The van der Waals surface area contributed by atoms with Gasteiger partial charge >= 0.3 is 0 Å². The average Bonchev–Trinajstić information content (AvgIpc) is 3.25. The summed E-state index contributed by atoms with van der Waals surface area (Å²) in [6.45, 7) is 8.28. The zero-order valence-electron chi connectivity index (χ0n) is 20.8. The molecule has 1 unspecified atom stereocenters. The number of nitrogens with one attached hydrogen (secondary N) is 2. The first-order valence-electron chi connectivity index (χ1n) is 11.9. The van der Waals surface area contributed by atoms with Gasteiger partial charge in [0.2, 0.25) is 11.8 Å². The van der Waals surface area contributed by atoms with Gasteiger partial charge in [-0.1, -0.05) is 50.2 Å². The number of amides is 3. The van der Waals surface area contributed by atoms with Gasteiger partial charge in [0, 0.05) is 22.4 Å². The molecular formula is C27H33N3O4S. The van der Waals surface area contributed by atoms with Crippen LogP contribution in [0.25, 0.3) is 0 Å². The van der Waals surface area contributed by atoms with Crippen molar-refractivity contribution in [3.8, 4) is 5.75 Å². The highest BCUT2D eigenvalue weighted by Crippen LogP contribution is 2.56. The lowest BCUT2D eigenvalue weighted by Gasteiger charge is -2.31. The van der Waals surface area contributed by atoms with Crippen molar-refractivity contribution in [2.24, 2.45) is 5.92 Å². The molecule has 0 bridgehead atoms. The maximum atomic E-state index is 13.7. The lowest BCUT2D eigenvalue weighted by Crippen LogP contribution is -2.57. The van der Waals surface area contributed by atoms with Crippen LogP contribution in [0.15, 0.2) is 48.5 Å². The van der Waals surface area contributed by atoms with E-state index >= 15 is 0 Å². The fraction of sp³-hybridized carbons (Fsp3) is 0.444. The van der Waals surface area contributed by atoms with Crippen molar-refractivity contribution in [1.82, 2.24) is 15.5 Å². The molecule has 1 saturated heterocycles. The summed E-state index contributed by atoms with van der Waals surface area (Å²) in [6.07, 6.45) is 0.487. The quantitative estimate of drug-likeness (QED) is 0.580. The molecule has 0 radical (unpaired) electrons. The standard InChI is InChI=1S/C27H33N3O4S/c1-16(2)14-20(23(31)28-15-17-10-6-9-13-21(17)34-5)29-24(32)22-27(3,4)35-26-19-12-8-7-11-18(19)25(33)30(22)26/h6-13,16,20,22,26H,14-15H2,1-5H3,(H,28,31)(H,29,32)/t20-,22+,26?/m0/s1. The molecule has 0 aromatic heterocycles. The Morgan fingerprint density at radius 1 is 1.11 bits per heavy atom. The Hall–Kier alpha value is -3.00. The zero-order chi connectivity index (χ0) is 25.3. The number of hydrogen-bond acceptors (Lipinski definition) is 5. The predicted octanol–water partition coefficient (Wildman–Crippen LogP) is 3.89. The maximum absolute atomic E-state index is 13.7. The third-order valence-corrected chi connectivity index (χ3v) is 8.07. The number of thioether (sulfide) groups is 1. The van der Waals surface area contributed by atoms with E-state index in [1.165, 1.54) is 0 Å². The maximum Gasteiger partial charge on any atom is 0.256 e. The number of benzene rings is 2. The van der Waals surface area contributed by atoms with Crippen molar-refractivity contribution in [3.63, 3.8) is 0 Å². The number of fused-ring (bicyclic) bond motifs is 3. The SMILES string of the molecule is COc1ccccc1CNC(=O)[C@H](CC(C)C)NC(=O)[C@H]1N2C(=O)c3ccccc3C2SC1(C)C. The Bertz CT molecular complexity index is 1130. The molecule has 186 valence electrons. The largest absolute Gasteiger partial charge is 0.496 e. The highest BCUT2D eigenvalue weighted by Gasteiger charge is 2.57. The highest BCUT2D eigenvalue weighted by atomic mass is 32.2. The second kappa shape index (κ2) is 9.93. The molecule has 2 aliphatic heterocycles. The lowest BCUT2D eigenvalue weighted by molar-refractivity contribution is -0.132. The Morgan fingerprint density at radius 2 is 1.80 bits per heavy atom. The molecule has 0 saturated carbocycles. The van der Waals surface area contributed by atoms with E-state index in [1.807, 2.05) is 76.2 Å². The number of para-hydroxylation sites is 1. The second-order valence-electron chi connectivity index (χ2n) is 10.00. The first-order valence-corrected chi connectivity index (χ1v) is 12.8. The van der Waals surface area contributed by atoms with Crippen molar-refractivity contribution >= 4 is 29.5 Å². The summed E-state index contributed by atoms with van der Waals surface area (Å²) < 4.78 is 4.87. The second-order valence-corrected chi connectivity index (χ2v) is 11.7. The van der Waals surface area contributed by atoms with Crippen LogP contribution in [0.3, 0.4) is 0 Å². The van der Waals surface area contributed by atoms with Crippen LogP contribution in [0, 0.1) is 5.92 Å². The summed E-state index contributed by atoms with van der Waals surface area (Å²) in [5.74, 6) is 0.192. The van der Waals surface area contributed by atoms with E-state index in [1.54, 1.807) is 23.8 Å². The number of carbonyl (C=O) groups excluding carboxylic acids is 3. The van der Waals surface area contributed by atoms with E-state index in [2.05, 4.69) is 10.6 Å². The molecule has 2 N–H and O–H groups in total. The molecule has 0 aliphatic carbocycles. The molecule has 1 fully saturated rings. The minimum absolute atomic E-state index is 0.134. The van der Waals surface area contributed by atoms with Crippen molar-refractivity contribution in [2.75, 3.05) is 7.11 Å². The lowest BCUT2D eigenvalue weighted by atomic mass is 9.98. The summed E-state index contributed by atoms with van der Waals surface area (Å²) in [7, 11) is 1.59. The Kier molecular flexibility index (Phi) is 7.12. The van der Waals surface area contributed by atoms with E-state index < -0.39 is 16.8 Å². The van der Waals surface area contributed by atoms with Crippen molar-refractivity contribution in [2.45, 2.75) is 62.9 Å². The van der Waals surface area contributed by atoms with Crippen LogP contribution in [0.4, 0.5) is 0 Å². The molecule has 2 aromatic rings. The molecule has 8 heteroatoms. The van der Waals surface area contributed by atoms with Gasteiger partial charge < -0.3 is 20.3 Å². The van der Waals surface area contributed by atoms with Crippen LogP contribution in [-0.4, -0.2) is 46.6 Å². The van der Waals surface area contributed by atoms with Crippen molar-refractivity contribution < 1.29 is 19.1 Å². The number of rotatable bonds is 8. The minimum atomic E-state index is -0.711. The van der Waals surface area contributed by atoms with E-state index in [4.69, 9.17) is 4.74 Å². The van der Waals surface area contributed by atoms with Crippen molar-refractivity contribution in [3.05, 3.63) is 65.2 Å². The van der Waals surface area contributed by atoms with Crippen LogP contribution in [-0.2, 0) is 16.1 Å². The van der Waals surface area contributed by atoms with Gasteiger partial charge in [-0.3, -0.25) is 14.4 Å². The summed E-state index contributed by atoms with van der Waals surface area (Å²) >= 11 is 1.61. The zero-order valence-corrected chi connectivity index (χ0v) is 21.6. The van der Waals surface area contributed by atoms with Crippen LogP contribution in [0.2, 0.25) is 0 Å². The number of nitrogens with zero attached hydrogens (tertiary/aromatic N) is 1. The summed E-state index contributed by atoms with van der Waals surface area (Å²) in [5, 5.41) is 5.73. The van der Waals surface area contributed by atoms with Gasteiger partial charge in [0.15, 0.2) is 0 Å². The molecule has 35 heavy (non-hydrogen) atoms. The molecular weight excluding hydrogens is 462 g/mol. The molecule has 2 aromatic carbocycles. The van der Waals surface area contributed by atoms with Crippen LogP contribution in [0.1, 0.15) is 61.0 Å². The Labute approximate surface area is 211 Å². The molecule has 2 heterocycles. The van der Waals surface area contributed by atoms with Crippen molar-refractivity contribution in [1.29, 1.82) is 0 Å². The molecule has 4 rings (SSSR count). The predicted molar refractivity (Wildman–Crippen MR) is 137 cm³/mol. The van der Waals surface area contributed by atoms with Gasteiger partial charge in [0.1, 0.15) is 23.2 Å². The van der Waals surface area contributed by atoms with Gasteiger partial charge in [-0.2, -0.15) is 0 Å². The minimum Gasteiger partial charge on any atom is -0.496 e. The van der Waals surface area contributed by atoms with Gasteiger partial charge in [-0.15, -0.1) is 11.8 Å². The first-order chi connectivity index (χ1) is 16.6.